The van der Waals surface area contributed by atoms with Gasteiger partial charge in [-0.3, -0.25) is 0 Å². The Hall–Kier alpha value is -1.34. The number of benzene rings is 1. The first kappa shape index (κ1) is 19.4. The van der Waals surface area contributed by atoms with Crippen molar-refractivity contribution in [2.75, 3.05) is 6.61 Å². The minimum absolute atomic E-state index is 0.0929. The molecule has 7 atom stereocenters. The van der Waals surface area contributed by atoms with Crippen molar-refractivity contribution in [2.45, 2.75) is 62.3 Å². The maximum atomic E-state index is 12.3. The number of aliphatic hydroxyl groups excluding tert-OH is 1. The summed E-state index contributed by atoms with van der Waals surface area (Å²) in [4.78, 5) is 12.3. The molecule has 0 saturated carbocycles. The van der Waals surface area contributed by atoms with Crippen LogP contribution in [-0.2, 0) is 18.9 Å². The molecule has 2 aliphatic rings. The Kier molecular flexibility index (Phi) is 6.40. The monoisotopic (exact) mass is 356 g/mol. The molecule has 0 aromatic heterocycles. The summed E-state index contributed by atoms with van der Waals surface area (Å²) in [5.74, 6) is -0.440. The number of hydrogen-bond donors (Lipinski definition) is 1. The lowest BCUT2D eigenvalue weighted by Gasteiger charge is -2.24. The van der Waals surface area contributed by atoms with E-state index in [1.54, 1.807) is 24.3 Å². The van der Waals surface area contributed by atoms with Crippen molar-refractivity contribution in [1.29, 1.82) is 0 Å². The number of carbonyl (C=O) groups is 1. The SMILES string of the molecule is [B][C@@H]1O[C@H](CC)C(O)[C@@H]1OC[C@H]1O[C@@H]([B])CC1OC(=O)c1ccccc1. The zero-order chi connectivity index (χ0) is 18.7. The highest BCUT2D eigenvalue weighted by molar-refractivity contribution is 6.11. The second-order valence-electron chi connectivity index (χ2n) is 6.59. The summed E-state index contributed by atoms with van der Waals surface area (Å²) in [6.45, 7) is 2.00. The van der Waals surface area contributed by atoms with Crippen molar-refractivity contribution < 1.29 is 28.8 Å². The van der Waals surface area contributed by atoms with Gasteiger partial charge in [0.1, 0.15) is 40.1 Å². The highest BCUT2D eigenvalue weighted by Crippen LogP contribution is 2.27. The van der Waals surface area contributed by atoms with Gasteiger partial charge in [-0.05, 0) is 18.6 Å². The number of carbonyl (C=O) groups excluding carboxylic acids is 1. The molecule has 2 saturated heterocycles. The molecular formula is C18H22B2O6. The third-order valence-corrected chi connectivity index (χ3v) is 4.73. The van der Waals surface area contributed by atoms with Crippen LogP contribution < -0.4 is 0 Å². The van der Waals surface area contributed by atoms with E-state index < -0.39 is 42.4 Å². The number of aliphatic hydroxyl groups is 1. The molecule has 26 heavy (non-hydrogen) atoms. The quantitative estimate of drug-likeness (QED) is 0.593. The van der Waals surface area contributed by atoms with Gasteiger partial charge in [-0.25, -0.2) is 4.79 Å². The first-order valence-electron chi connectivity index (χ1n) is 8.87. The topological polar surface area (TPSA) is 74.2 Å². The Labute approximate surface area is 156 Å². The van der Waals surface area contributed by atoms with Crippen LogP contribution in [0.5, 0.6) is 0 Å². The third kappa shape index (κ3) is 4.31. The minimum Gasteiger partial charge on any atom is -0.456 e. The van der Waals surface area contributed by atoms with Crippen molar-refractivity contribution in [3.63, 3.8) is 0 Å². The Morgan fingerprint density at radius 2 is 1.96 bits per heavy atom. The fraction of sp³-hybridized carbons (Fsp3) is 0.611. The zero-order valence-corrected chi connectivity index (χ0v) is 14.7. The molecule has 136 valence electrons. The van der Waals surface area contributed by atoms with Crippen molar-refractivity contribution >= 4 is 21.7 Å². The van der Waals surface area contributed by atoms with E-state index in [0.29, 0.717) is 18.4 Å². The van der Waals surface area contributed by atoms with Crippen molar-refractivity contribution in [3.05, 3.63) is 35.9 Å². The lowest BCUT2D eigenvalue weighted by Crippen LogP contribution is -2.39. The molecule has 2 aliphatic heterocycles. The minimum atomic E-state index is -0.810. The molecule has 0 spiro atoms. The van der Waals surface area contributed by atoms with Crippen LogP contribution in [0.3, 0.4) is 0 Å². The van der Waals surface area contributed by atoms with E-state index in [4.69, 9.17) is 34.6 Å². The Bertz CT molecular complexity index is 601. The van der Waals surface area contributed by atoms with E-state index in [0.717, 1.165) is 0 Å². The average Bonchev–Trinajstić information content (AvgIpc) is 3.12. The summed E-state index contributed by atoms with van der Waals surface area (Å²) >= 11 is 0. The van der Waals surface area contributed by atoms with Gasteiger partial charge in [-0.2, -0.15) is 0 Å². The predicted molar refractivity (Wildman–Crippen MR) is 95.1 cm³/mol. The van der Waals surface area contributed by atoms with Gasteiger partial charge in [0.05, 0.1) is 18.3 Å². The summed E-state index contributed by atoms with van der Waals surface area (Å²) in [5, 5.41) is 10.2. The van der Waals surface area contributed by atoms with Crippen LogP contribution in [0.15, 0.2) is 30.3 Å². The van der Waals surface area contributed by atoms with Gasteiger partial charge in [0.2, 0.25) is 0 Å². The van der Waals surface area contributed by atoms with Crippen LogP contribution >= 0.6 is 0 Å². The molecule has 0 amide bonds. The molecule has 1 aromatic rings. The summed E-state index contributed by atoms with van der Waals surface area (Å²) in [6, 6.07) is 7.46. The lowest BCUT2D eigenvalue weighted by atomic mass is 9.92. The molecule has 2 heterocycles. The fourth-order valence-electron chi connectivity index (χ4n) is 3.30. The molecule has 2 fully saturated rings. The number of ether oxygens (including phenoxy) is 4. The summed E-state index contributed by atoms with van der Waals surface area (Å²) in [7, 11) is 11.7. The van der Waals surface area contributed by atoms with Gasteiger partial charge in [0.15, 0.2) is 0 Å². The summed E-state index contributed by atoms with van der Waals surface area (Å²) in [6.07, 6.45) is -1.88. The van der Waals surface area contributed by atoms with E-state index in [9.17, 15) is 9.90 Å². The molecule has 0 aliphatic carbocycles. The molecule has 6 nitrogen and oxygen atoms in total. The van der Waals surface area contributed by atoms with Gasteiger partial charge in [-0.15, -0.1) is 0 Å². The molecular weight excluding hydrogens is 334 g/mol. The van der Waals surface area contributed by atoms with E-state index in [1.165, 1.54) is 0 Å². The second-order valence-corrected chi connectivity index (χ2v) is 6.59. The van der Waals surface area contributed by atoms with Crippen LogP contribution in [0.25, 0.3) is 0 Å². The van der Waals surface area contributed by atoms with Crippen LogP contribution in [-0.4, -0.2) is 75.9 Å². The third-order valence-electron chi connectivity index (χ3n) is 4.73. The predicted octanol–water partition coefficient (Wildman–Crippen LogP) is 0.545. The molecule has 1 aromatic carbocycles. The van der Waals surface area contributed by atoms with Crippen molar-refractivity contribution in [1.82, 2.24) is 0 Å². The normalized spacial score (nSPS) is 36.9. The average molecular weight is 356 g/mol. The maximum absolute atomic E-state index is 12.3. The van der Waals surface area contributed by atoms with Crippen molar-refractivity contribution in [3.8, 4) is 0 Å². The van der Waals surface area contributed by atoms with Crippen LogP contribution in [0, 0.1) is 0 Å². The number of hydrogen-bond acceptors (Lipinski definition) is 6. The molecule has 3 rings (SSSR count). The molecule has 2 unspecified atom stereocenters. The zero-order valence-electron chi connectivity index (χ0n) is 14.7. The number of esters is 1. The lowest BCUT2D eigenvalue weighted by molar-refractivity contribution is -0.0845. The summed E-state index contributed by atoms with van der Waals surface area (Å²) in [5.41, 5.74) is 0.458. The highest BCUT2D eigenvalue weighted by atomic mass is 16.6. The Morgan fingerprint density at radius 3 is 2.62 bits per heavy atom. The van der Waals surface area contributed by atoms with Gasteiger partial charge in [0, 0.05) is 18.4 Å². The molecule has 8 heteroatoms. The smallest absolute Gasteiger partial charge is 0.338 e. The molecule has 0 bridgehead atoms. The Balaban J connectivity index is 1.57. The largest absolute Gasteiger partial charge is 0.456 e. The Morgan fingerprint density at radius 1 is 1.23 bits per heavy atom. The number of rotatable bonds is 6. The summed E-state index contributed by atoms with van der Waals surface area (Å²) < 4.78 is 22.4. The van der Waals surface area contributed by atoms with E-state index in [2.05, 4.69) is 0 Å². The first-order valence-corrected chi connectivity index (χ1v) is 8.87. The standard InChI is InChI=1S/C18H22B2O6/c1-2-11-15(21)16(17(20)25-11)23-9-13-12(8-14(19)24-13)26-18(22)10-6-4-3-5-7-10/h3-7,11-17,21H,2,8-9H2,1H3/t11-,12?,13-,14-,15?,16+,17-/m1/s1. The van der Waals surface area contributed by atoms with Crippen molar-refractivity contribution in [2.24, 2.45) is 0 Å². The van der Waals surface area contributed by atoms with E-state index in [1.807, 2.05) is 13.0 Å². The molecule has 4 radical (unpaired) electrons. The maximum Gasteiger partial charge on any atom is 0.338 e. The van der Waals surface area contributed by atoms with Gasteiger partial charge >= 0.3 is 5.97 Å². The fourth-order valence-corrected chi connectivity index (χ4v) is 3.30. The van der Waals surface area contributed by atoms with Gasteiger partial charge in [-0.1, -0.05) is 25.1 Å². The van der Waals surface area contributed by atoms with Crippen LogP contribution in [0.2, 0.25) is 0 Å². The van der Waals surface area contributed by atoms with Crippen LogP contribution in [0.1, 0.15) is 30.1 Å². The highest BCUT2D eigenvalue weighted by Gasteiger charge is 2.42. The second kappa shape index (κ2) is 8.57. The first-order chi connectivity index (χ1) is 12.5. The van der Waals surface area contributed by atoms with Gasteiger partial charge < -0.3 is 24.1 Å². The van der Waals surface area contributed by atoms with Crippen LogP contribution in [0.4, 0.5) is 0 Å². The van der Waals surface area contributed by atoms with Gasteiger partial charge in [0.25, 0.3) is 0 Å². The van der Waals surface area contributed by atoms with E-state index in [-0.39, 0.29) is 12.7 Å². The molecule has 1 N–H and O–H groups in total. The van der Waals surface area contributed by atoms with E-state index >= 15 is 0 Å².